The van der Waals surface area contributed by atoms with Crippen molar-refractivity contribution in [2.45, 2.75) is 25.5 Å². The topological polar surface area (TPSA) is 50.8 Å². The third-order valence-electron chi connectivity index (χ3n) is 3.74. The molecule has 0 unspecified atom stereocenters. The van der Waals surface area contributed by atoms with E-state index in [4.69, 9.17) is 21.7 Å². The number of methoxy groups -OCH3 is 2. The normalized spacial score (nSPS) is 19.7. The standard InChI is InChI=1S/C16H18N2O3S/c1-20-9-11-7-10(3-6-14(11)21-2)8-13-15(19)18(12-4-5-12)16(22)17-13/h3,6-8,12H,4-5,9H2,1-2H3,(H,17,22)/b13-8+. The number of nitrogens with zero attached hydrogens (tertiary/aromatic N) is 1. The molecule has 1 aliphatic carbocycles. The fourth-order valence-corrected chi connectivity index (χ4v) is 2.88. The molecule has 0 aromatic heterocycles. The Morgan fingerprint density at radius 3 is 2.82 bits per heavy atom. The van der Waals surface area contributed by atoms with E-state index in [0.29, 0.717) is 17.4 Å². The Balaban J connectivity index is 1.87. The van der Waals surface area contributed by atoms with Crippen molar-refractivity contribution in [3.63, 3.8) is 0 Å². The molecule has 1 amide bonds. The maximum absolute atomic E-state index is 12.4. The van der Waals surface area contributed by atoms with Gasteiger partial charge in [-0.25, -0.2) is 0 Å². The Morgan fingerprint density at radius 2 is 2.18 bits per heavy atom. The summed E-state index contributed by atoms with van der Waals surface area (Å²) in [4.78, 5) is 14.1. The highest BCUT2D eigenvalue weighted by Crippen LogP contribution is 2.31. The highest BCUT2D eigenvalue weighted by molar-refractivity contribution is 7.80. The SMILES string of the molecule is COCc1cc(/C=C2/NC(=S)N(C3CC3)C2=O)ccc1OC. The number of rotatable bonds is 5. The van der Waals surface area contributed by atoms with E-state index >= 15 is 0 Å². The summed E-state index contributed by atoms with van der Waals surface area (Å²) < 4.78 is 10.5. The minimum Gasteiger partial charge on any atom is -0.496 e. The largest absolute Gasteiger partial charge is 0.496 e. The number of benzene rings is 1. The maximum Gasteiger partial charge on any atom is 0.276 e. The number of nitrogens with one attached hydrogen (secondary N) is 1. The fourth-order valence-electron chi connectivity index (χ4n) is 2.54. The van der Waals surface area contributed by atoms with Gasteiger partial charge in [0.15, 0.2) is 5.11 Å². The lowest BCUT2D eigenvalue weighted by Gasteiger charge is -2.11. The second kappa shape index (κ2) is 6.06. The van der Waals surface area contributed by atoms with Crippen molar-refractivity contribution in [1.29, 1.82) is 0 Å². The van der Waals surface area contributed by atoms with Crippen molar-refractivity contribution in [2.24, 2.45) is 0 Å². The van der Waals surface area contributed by atoms with Gasteiger partial charge in [0.2, 0.25) is 0 Å². The molecule has 3 rings (SSSR count). The summed E-state index contributed by atoms with van der Waals surface area (Å²) in [6.07, 6.45) is 3.87. The lowest BCUT2D eigenvalue weighted by atomic mass is 10.1. The minimum absolute atomic E-state index is 0.0448. The lowest BCUT2D eigenvalue weighted by Crippen LogP contribution is -2.32. The monoisotopic (exact) mass is 318 g/mol. The van der Waals surface area contributed by atoms with Gasteiger partial charge in [0.1, 0.15) is 11.4 Å². The summed E-state index contributed by atoms with van der Waals surface area (Å²) in [5, 5.41) is 3.51. The Hall–Kier alpha value is -1.92. The second-order valence-electron chi connectivity index (χ2n) is 5.40. The summed E-state index contributed by atoms with van der Waals surface area (Å²) in [6, 6.07) is 6.01. The summed E-state index contributed by atoms with van der Waals surface area (Å²) in [5.74, 6) is 0.724. The maximum atomic E-state index is 12.4. The summed E-state index contributed by atoms with van der Waals surface area (Å²) >= 11 is 5.25. The molecule has 116 valence electrons. The molecule has 0 spiro atoms. The van der Waals surface area contributed by atoms with Crippen LogP contribution >= 0.6 is 12.2 Å². The number of thiocarbonyl (C=S) groups is 1. The molecule has 0 radical (unpaired) electrons. The quantitative estimate of drug-likeness (QED) is 0.665. The van der Waals surface area contributed by atoms with Crippen molar-refractivity contribution in [3.05, 3.63) is 35.0 Å². The van der Waals surface area contributed by atoms with Gasteiger partial charge in [0.05, 0.1) is 13.7 Å². The van der Waals surface area contributed by atoms with E-state index in [2.05, 4.69) is 5.32 Å². The average molecular weight is 318 g/mol. The van der Waals surface area contributed by atoms with E-state index < -0.39 is 0 Å². The van der Waals surface area contributed by atoms with Gasteiger partial charge in [-0.3, -0.25) is 9.69 Å². The van der Waals surface area contributed by atoms with Gasteiger partial charge in [0, 0.05) is 18.7 Å². The van der Waals surface area contributed by atoms with Gasteiger partial charge < -0.3 is 14.8 Å². The van der Waals surface area contributed by atoms with E-state index in [0.717, 1.165) is 29.7 Å². The van der Waals surface area contributed by atoms with Crippen molar-refractivity contribution < 1.29 is 14.3 Å². The van der Waals surface area contributed by atoms with Crippen LogP contribution in [0.1, 0.15) is 24.0 Å². The van der Waals surface area contributed by atoms with Crippen molar-refractivity contribution in [1.82, 2.24) is 10.2 Å². The molecule has 0 atom stereocenters. The molecule has 22 heavy (non-hydrogen) atoms. The molecule has 5 nitrogen and oxygen atoms in total. The van der Waals surface area contributed by atoms with Gasteiger partial charge >= 0.3 is 0 Å². The highest BCUT2D eigenvalue weighted by atomic mass is 32.1. The van der Waals surface area contributed by atoms with Crippen LogP contribution < -0.4 is 10.1 Å². The Kier molecular flexibility index (Phi) is 4.13. The van der Waals surface area contributed by atoms with Gasteiger partial charge in [-0.2, -0.15) is 0 Å². The van der Waals surface area contributed by atoms with Gasteiger partial charge in [-0.05, 0) is 48.8 Å². The smallest absolute Gasteiger partial charge is 0.276 e. The van der Waals surface area contributed by atoms with Crippen LogP contribution in [0.3, 0.4) is 0 Å². The van der Waals surface area contributed by atoms with Crippen LogP contribution in [0.25, 0.3) is 6.08 Å². The predicted molar refractivity (Wildman–Crippen MR) is 87.3 cm³/mol. The van der Waals surface area contributed by atoms with E-state index in [-0.39, 0.29) is 11.9 Å². The molecule has 1 N–H and O–H groups in total. The van der Waals surface area contributed by atoms with E-state index in [1.54, 1.807) is 19.1 Å². The molecular formula is C16H18N2O3S. The first-order valence-electron chi connectivity index (χ1n) is 7.16. The van der Waals surface area contributed by atoms with Crippen LogP contribution in [-0.4, -0.2) is 36.2 Å². The Morgan fingerprint density at radius 1 is 1.41 bits per heavy atom. The molecule has 2 aliphatic rings. The number of hydrogen-bond donors (Lipinski definition) is 1. The third-order valence-corrected chi connectivity index (χ3v) is 4.04. The predicted octanol–water partition coefficient (Wildman–Crippen LogP) is 2.06. The number of carbonyl (C=O) groups excluding carboxylic acids is 1. The zero-order chi connectivity index (χ0) is 15.7. The number of carbonyl (C=O) groups is 1. The highest BCUT2D eigenvalue weighted by Gasteiger charge is 2.41. The number of hydrogen-bond acceptors (Lipinski definition) is 4. The molecule has 1 aromatic rings. The molecule has 1 heterocycles. The van der Waals surface area contributed by atoms with Crippen LogP contribution in [0.4, 0.5) is 0 Å². The van der Waals surface area contributed by atoms with Crippen LogP contribution in [0, 0.1) is 0 Å². The number of ether oxygens (including phenoxy) is 2. The summed E-state index contributed by atoms with van der Waals surface area (Å²) in [7, 11) is 3.26. The first-order chi connectivity index (χ1) is 10.6. The van der Waals surface area contributed by atoms with Crippen molar-refractivity contribution in [2.75, 3.05) is 14.2 Å². The molecular weight excluding hydrogens is 300 g/mol. The first kappa shape index (κ1) is 15.0. The summed E-state index contributed by atoms with van der Waals surface area (Å²) in [5.41, 5.74) is 2.36. The Bertz CT molecular complexity index is 653. The van der Waals surface area contributed by atoms with Gasteiger partial charge in [-0.1, -0.05) is 6.07 Å². The van der Waals surface area contributed by atoms with Gasteiger partial charge in [-0.15, -0.1) is 0 Å². The molecule has 0 bridgehead atoms. The van der Waals surface area contributed by atoms with Crippen LogP contribution in [-0.2, 0) is 16.1 Å². The molecule has 1 aliphatic heterocycles. The zero-order valence-corrected chi connectivity index (χ0v) is 13.4. The van der Waals surface area contributed by atoms with Crippen molar-refractivity contribution in [3.8, 4) is 5.75 Å². The van der Waals surface area contributed by atoms with Gasteiger partial charge in [0.25, 0.3) is 5.91 Å². The Labute approximate surface area is 134 Å². The van der Waals surface area contributed by atoms with Crippen LogP contribution in [0.15, 0.2) is 23.9 Å². The van der Waals surface area contributed by atoms with Crippen LogP contribution in [0.5, 0.6) is 5.75 Å². The average Bonchev–Trinajstić information content (AvgIpc) is 3.28. The third kappa shape index (κ3) is 2.84. The molecule has 1 saturated heterocycles. The van der Waals surface area contributed by atoms with E-state index in [9.17, 15) is 4.79 Å². The zero-order valence-electron chi connectivity index (χ0n) is 12.6. The lowest BCUT2D eigenvalue weighted by molar-refractivity contribution is -0.122. The molecule has 1 saturated carbocycles. The molecule has 6 heteroatoms. The number of amides is 1. The van der Waals surface area contributed by atoms with Crippen molar-refractivity contribution >= 4 is 29.3 Å². The molecule has 1 aromatic carbocycles. The minimum atomic E-state index is -0.0448. The molecule has 2 fully saturated rings. The van der Waals surface area contributed by atoms with E-state index in [1.807, 2.05) is 24.3 Å². The summed E-state index contributed by atoms with van der Waals surface area (Å²) in [6.45, 7) is 0.453. The van der Waals surface area contributed by atoms with Crippen LogP contribution in [0.2, 0.25) is 0 Å². The fraction of sp³-hybridized carbons (Fsp3) is 0.375. The first-order valence-corrected chi connectivity index (χ1v) is 7.57. The second-order valence-corrected chi connectivity index (χ2v) is 5.79. The van der Waals surface area contributed by atoms with E-state index in [1.165, 1.54) is 0 Å².